The van der Waals surface area contributed by atoms with E-state index in [2.05, 4.69) is 22.1 Å². The average Bonchev–Trinajstić information content (AvgIpc) is 2.43. The van der Waals surface area contributed by atoms with Gasteiger partial charge in [-0.3, -0.25) is 4.79 Å². The monoisotopic (exact) mass is 273 g/mol. The summed E-state index contributed by atoms with van der Waals surface area (Å²) in [6, 6.07) is 7.43. The smallest absolute Gasteiger partial charge is 0.251 e. The van der Waals surface area contributed by atoms with Crippen molar-refractivity contribution in [2.75, 3.05) is 27.2 Å². The molecule has 0 fully saturated rings. The van der Waals surface area contributed by atoms with Crippen LogP contribution in [0.2, 0.25) is 0 Å². The molecule has 0 radical (unpaired) electrons. The molecule has 0 aromatic heterocycles. The van der Waals surface area contributed by atoms with Gasteiger partial charge in [0.25, 0.3) is 5.91 Å². The zero-order chi connectivity index (χ0) is 15.0. The summed E-state index contributed by atoms with van der Waals surface area (Å²) in [4.78, 5) is 14.2. The van der Waals surface area contributed by atoms with Crippen molar-refractivity contribution in [3.8, 4) is 11.8 Å². The highest BCUT2D eigenvalue weighted by Crippen LogP contribution is 2.05. The van der Waals surface area contributed by atoms with E-state index in [1.807, 2.05) is 33.2 Å². The van der Waals surface area contributed by atoms with Gasteiger partial charge in [0.05, 0.1) is 6.54 Å². The Morgan fingerprint density at radius 1 is 1.45 bits per heavy atom. The van der Waals surface area contributed by atoms with Gasteiger partial charge in [-0.15, -0.1) is 0 Å². The molecule has 0 aliphatic rings. The van der Waals surface area contributed by atoms with E-state index in [-0.39, 0.29) is 11.9 Å². The minimum atomic E-state index is -0.0624. The third-order valence-corrected chi connectivity index (χ3v) is 2.85. The minimum absolute atomic E-state index is 0.0624. The molecule has 1 atom stereocenters. The van der Waals surface area contributed by atoms with Gasteiger partial charge in [0.1, 0.15) is 0 Å². The van der Waals surface area contributed by atoms with E-state index in [0.29, 0.717) is 12.1 Å². The van der Waals surface area contributed by atoms with Crippen LogP contribution in [0.4, 0.5) is 0 Å². The lowest BCUT2D eigenvalue weighted by Crippen LogP contribution is -2.34. The molecule has 0 aliphatic heterocycles. The zero-order valence-electron chi connectivity index (χ0n) is 12.4. The standard InChI is InChI=1S/C16H23N3O/c1-13(9-11-19(2)3)18-16(20)15-8-4-6-14(12-15)7-5-10-17/h4,6,8,12-13H,9-11,17H2,1-3H3,(H,18,20). The number of hydrogen-bond donors (Lipinski definition) is 2. The molecule has 0 saturated heterocycles. The van der Waals surface area contributed by atoms with Crippen LogP contribution in [0.25, 0.3) is 0 Å². The molecule has 4 nitrogen and oxygen atoms in total. The molecule has 1 rings (SSSR count). The number of carbonyl (C=O) groups excluding carboxylic acids is 1. The first-order valence-electron chi connectivity index (χ1n) is 6.77. The van der Waals surface area contributed by atoms with Crippen molar-refractivity contribution < 1.29 is 4.79 Å². The lowest BCUT2D eigenvalue weighted by molar-refractivity contribution is 0.0936. The van der Waals surface area contributed by atoms with E-state index in [4.69, 9.17) is 5.73 Å². The molecule has 0 aliphatic carbocycles. The SMILES string of the molecule is CC(CCN(C)C)NC(=O)c1cccc(C#CCN)c1. The first kappa shape index (κ1) is 16.2. The molecule has 20 heavy (non-hydrogen) atoms. The van der Waals surface area contributed by atoms with Crippen LogP contribution in [0.1, 0.15) is 29.3 Å². The highest BCUT2D eigenvalue weighted by atomic mass is 16.1. The predicted octanol–water partition coefficient (Wildman–Crippen LogP) is 1.07. The van der Waals surface area contributed by atoms with Crippen molar-refractivity contribution in [1.82, 2.24) is 10.2 Å². The first-order valence-corrected chi connectivity index (χ1v) is 6.77. The van der Waals surface area contributed by atoms with Gasteiger partial charge in [0.2, 0.25) is 0 Å². The maximum atomic E-state index is 12.1. The maximum absolute atomic E-state index is 12.1. The van der Waals surface area contributed by atoms with Crippen molar-refractivity contribution in [3.63, 3.8) is 0 Å². The van der Waals surface area contributed by atoms with E-state index in [1.54, 1.807) is 12.1 Å². The molecule has 108 valence electrons. The Balaban J connectivity index is 2.63. The Bertz CT molecular complexity index is 500. The molecule has 1 unspecified atom stereocenters. The van der Waals surface area contributed by atoms with Gasteiger partial charge in [0, 0.05) is 17.2 Å². The van der Waals surface area contributed by atoms with Crippen LogP contribution < -0.4 is 11.1 Å². The van der Waals surface area contributed by atoms with E-state index < -0.39 is 0 Å². The van der Waals surface area contributed by atoms with Crippen LogP contribution in [0.3, 0.4) is 0 Å². The molecule has 4 heteroatoms. The van der Waals surface area contributed by atoms with Crippen molar-refractivity contribution in [1.29, 1.82) is 0 Å². The van der Waals surface area contributed by atoms with Crippen molar-refractivity contribution in [3.05, 3.63) is 35.4 Å². The molecular formula is C16H23N3O. The van der Waals surface area contributed by atoms with Crippen LogP contribution in [0.5, 0.6) is 0 Å². The van der Waals surface area contributed by atoms with Gasteiger partial charge < -0.3 is 16.0 Å². The molecule has 1 aromatic rings. The minimum Gasteiger partial charge on any atom is -0.350 e. The van der Waals surface area contributed by atoms with Gasteiger partial charge in [-0.1, -0.05) is 17.9 Å². The Morgan fingerprint density at radius 2 is 2.20 bits per heavy atom. The second kappa shape index (κ2) is 8.36. The lowest BCUT2D eigenvalue weighted by atomic mass is 10.1. The first-order chi connectivity index (χ1) is 9.52. The zero-order valence-corrected chi connectivity index (χ0v) is 12.4. The number of rotatable bonds is 5. The molecule has 0 bridgehead atoms. The van der Waals surface area contributed by atoms with Gasteiger partial charge >= 0.3 is 0 Å². The molecule has 1 amide bonds. The molecular weight excluding hydrogens is 250 g/mol. The fraction of sp³-hybridized carbons (Fsp3) is 0.438. The van der Waals surface area contributed by atoms with Crippen LogP contribution >= 0.6 is 0 Å². The van der Waals surface area contributed by atoms with Crippen molar-refractivity contribution in [2.24, 2.45) is 5.73 Å². The Hall–Kier alpha value is -1.83. The summed E-state index contributed by atoms with van der Waals surface area (Å²) in [5.41, 5.74) is 6.78. The van der Waals surface area contributed by atoms with E-state index in [0.717, 1.165) is 18.5 Å². The van der Waals surface area contributed by atoms with Gasteiger partial charge in [-0.25, -0.2) is 0 Å². The summed E-state index contributed by atoms with van der Waals surface area (Å²) >= 11 is 0. The predicted molar refractivity (Wildman–Crippen MR) is 82.5 cm³/mol. The molecule has 1 aromatic carbocycles. The van der Waals surface area contributed by atoms with E-state index in [9.17, 15) is 4.79 Å². The number of amides is 1. The third kappa shape index (κ3) is 5.87. The second-order valence-electron chi connectivity index (χ2n) is 5.05. The lowest BCUT2D eigenvalue weighted by Gasteiger charge is -2.16. The van der Waals surface area contributed by atoms with Gasteiger partial charge in [0.15, 0.2) is 0 Å². The van der Waals surface area contributed by atoms with E-state index >= 15 is 0 Å². The van der Waals surface area contributed by atoms with Gasteiger partial charge in [-0.2, -0.15) is 0 Å². The van der Waals surface area contributed by atoms with Crippen LogP contribution in [0, 0.1) is 11.8 Å². The topological polar surface area (TPSA) is 58.4 Å². The van der Waals surface area contributed by atoms with Gasteiger partial charge in [-0.05, 0) is 52.2 Å². The third-order valence-electron chi connectivity index (χ3n) is 2.85. The average molecular weight is 273 g/mol. The second-order valence-corrected chi connectivity index (χ2v) is 5.05. The normalized spacial score (nSPS) is 11.7. The number of nitrogens with one attached hydrogen (secondary N) is 1. The molecule has 0 heterocycles. The number of carbonyl (C=O) groups is 1. The summed E-state index contributed by atoms with van der Waals surface area (Å²) in [6.07, 6.45) is 0.922. The Labute approximate surface area is 121 Å². The summed E-state index contributed by atoms with van der Waals surface area (Å²) < 4.78 is 0. The van der Waals surface area contributed by atoms with Crippen molar-refractivity contribution >= 4 is 5.91 Å². The fourth-order valence-electron chi connectivity index (χ4n) is 1.72. The summed E-state index contributed by atoms with van der Waals surface area (Å²) in [6.45, 7) is 3.28. The summed E-state index contributed by atoms with van der Waals surface area (Å²) in [5, 5.41) is 3.00. The Kier molecular flexibility index (Phi) is 6.78. The molecule has 0 spiro atoms. The molecule has 3 N–H and O–H groups in total. The highest BCUT2D eigenvalue weighted by Gasteiger charge is 2.10. The summed E-state index contributed by atoms with van der Waals surface area (Å²) in [7, 11) is 4.04. The highest BCUT2D eigenvalue weighted by molar-refractivity contribution is 5.94. The quantitative estimate of drug-likeness (QED) is 0.789. The maximum Gasteiger partial charge on any atom is 0.251 e. The largest absolute Gasteiger partial charge is 0.350 e. The van der Waals surface area contributed by atoms with Crippen LogP contribution in [-0.4, -0.2) is 44.0 Å². The van der Waals surface area contributed by atoms with Crippen LogP contribution in [-0.2, 0) is 0 Å². The number of benzene rings is 1. The number of hydrogen-bond acceptors (Lipinski definition) is 3. The Morgan fingerprint density at radius 3 is 2.85 bits per heavy atom. The molecule has 0 saturated carbocycles. The van der Waals surface area contributed by atoms with Crippen LogP contribution in [0.15, 0.2) is 24.3 Å². The number of nitrogens with zero attached hydrogens (tertiary/aromatic N) is 1. The number of nitrogens with two attached hydrogens (primary N) is 1. The van der Waals surface area contributed by atoms with E-state index in [1.165, 1.54) is 0 Å². The van der Waals surface area contributed by atoms with Crippen molar-refractivity contribution in [2.45, 2.75) is 19.4 Å². The fourth-order valence-corrected chi connectivity index (χ4v) is 1.72. The summed E-state index contributed by atoms with van der Waals surface area (Å²) in [5.74, 6) is 5.65.